The summed E-state index contributed by atoms with van der Waals surface area (Å²) in [5.74, 6) is -2.73. The topological polar surface area (TPSA) is 134 Å². The lowest BCUT2D eigenvalue weighted by Gasteiger charge is -2.27. The van der Waals surface area contributed by atoms with Gasteiger partial charge in [-0.05, 0) is 50.6 Å². The van der Waals surface area contributed by atoms with E-state index < -0.39 is 35.6 Å². The van der Waals surface area contributed by atoms with Crippen LogP contribution in [0.25, 0.3) is 0 Å². The number of fused-ring (bicyclic) bond motifs is 1. The average molecular weight is 487 g/mol. The molecule has 0 spiro atoms. The molecule has 35 heavy (non-hydrogen) atoms. The summed E-state index contributed by atoms with van der Waals surface area (Å²) in [6, 6.07) is 3.32. The Bertz CT molecular complexity index is 1010. The maximum absolute atomic E-state index is 12.9. The van der Waals surface area contributed by atoms with Crippen molar-refractivity contribution in [3.05, 3.63) is 29.3 Å². The number of carbonyl (C=O) groups excluding carboxylic acids is 5. The van der Waals surface area contributed by atoms with E-state index in [0.717, 1.165) is 24.5 Å². The van der Waals surface area contributed by atoms with Gasteiger partial charge in [0.25, 0.3) is 11.8 Å². The smallest absolute Gasteiger partial charge is 0.262 e. The zero-order chi connectivity index (χ0) is 24.8. The Morgan fingerprint density at radius 3 is 2.49 bits per heavy atom. The predicted molar refractivity (Wildman–Crippen MR) is 124 cm³/mol. The molecule has 2 fully saturated rings. The van der Waals surface area contributed by atoms with Crippen molar-refractivity contribution in [3.63, 3.8) is 0 Å². The van der Waals surface area contributed by atoms with Gasteiger partial charge in [-0.3, -0.25) is 34.2 Å². The van der Waals surface area contributed by atoms with Gasteiger partial charge in [0.2, 0.25) is 17.7 Å². The van der Waals surface area contributed by atoms with Crippen LogP contribution in [0.1, 0.15) is 52.8 Å². The van der Waals surface area contributed by atoms with Crippen LogP contribution in [0.15, 0.2) is 18.2 Å². The maximum Gasteiger partial charge on any atom is 0.262 e. The summed E-state index contributed by atoms with van der Waals surface area (Å²) in [6.45, 7) is 4.28. The number of carbonyl (C=O) groups is 5. The van der Waals surface area contributed by atoms with Gasteiger partial charge in [-0.2, -0.15) is 0 Å². The summed E-state index contributed by atoms with van der Waals surface area (Å²) < 4.78 is 10.9. The zero-order valence-electron chi connectivity index (χ0n) is 19.5. The molecule has 188 valence electrons. The Morgan fingerprint density at radius 2 is 1.71 bits per heavy atom. The molecule has 2 N–H and O–H groups in total. The normalized spacial score (nSPS) is 20.7. The fourth-order valence-corrected chi connectivity index (χ4v) is 4.51. The van der Waals surface area contributed by atoms with Crippen molar-refractivity contribution in [2.24, 2.45) is 0 Å². The highest BCUT2D eigenvalue weighted by molar-refractivity contribution is 6.23. The molecule has 0 saturated carbocycles. The van der Waals surface area contributed by atoms with Crippen LogP contribution in [0.4, 0.5) is 5.69 Å². The third-order valence-electron chi connectivity index (χ3n) is 6.33. The van der Waals surface area contributed by atoms with Crippen LogP contribution in [0.3, 0.4) is 0 Å². The van der Waals surface area contributed by atoms with Crippen molar-refractivity contribution in [2.45, 2.75) is 38.1 Å². The van der Waals surface area contributed by atoms with Crippen molar-refractivity contribution in [1.82, 2.24) is 15.1 Å². The van der Waals surface area contributed by atoms with Gasteiger partial charge in [0.05, 0.1) is 30.9 Å². The number of nitrogens with one attached hydrogen (secondary N) is 2. The number of benzene rings is 1. The standard InChI is InChI=1S/C24H30N4O7/c29-20-7-6-19(22(31)26-20)28-23(32)17-5-4-16(14-18(17)24(28)33)25-21(30)15-35-13-12-34-11-10-27-8-2-1-3-9-27/h4-5,14,19H,1-3,6-13,15H2,(H,25,30)(H,26,29,31). The minimum absolute atomic E-state index is 0.0502. The van der Waals surface area contributed by atoms with Crippen molar-refractivity contribution in [1.29, 1.82) is 0 Å². The molecule has 1 aromatic carbocycles. The fourth-order valence-electron chi connectivity index (χ4n) is 4.51. The van der Waals surface area contributed by atoms with Crippen LogP contribution in [-0.2, 0) is 23.9 Å². The van der Waals surface area contributed by atoms with E-state index in [-0.39, 0.29) is 37.2 Å². The quantitative estimate of drug-likeness (QED) is 0.362. The number of rotatable bonds is 10. The first-order valence-corrected chi connectivity index (χ1v) is 12.0. The second-order valence-electron chi connectivity index (χ2n) is 8.82. The highest BCUT2D eigenvalue weighted by atomic mass is 16.5. The van der Waals surface area contributed by atoms with Crippen LogP contribution in [0.5, 0.6) is 0 Å². The molecule has 3 heterocycles. The lowest BCUT2D eigenvalue weighted by molar-refractivity contribution is -0.136. The number of nitrogens with zero attached hydrogens (tertiary/aromatic N) is 2. The molecule has 2 saturated heterocycles. The van der Waals surface area contributed by atoms with E-state index in [9.17, 15) is 24.0 Å². The van der Waals surface area contributed by atoms with Crippen LogP contribution in [0.2, 0.25) is 0 Å². The second kappa shape index (κ2) is 11.5. The SMILES string of the molecule is O=C1CCC(N2C(=O)c3ccc(NC(=O)COCCOCCN4CCCCC4)cc3C2=O)C(=O)N1. The number of likely N-dealkylation sites (tertiary alicyclic amines) is 1. The molecule has 0 bridgehead atoms. The predicted octanol–water partition coefficient (Wildman–Crippen LogP) is 0.545. The van der Waals surface area contributed by atoms with Crippen LogP contribution >= 0.6 is 0 Å². The second-order valence-corrected chi connectivity index (χ2v) is 8.82. The Morgan fingerprint density at radius 1 is 0.971 bits per heavy atom. The first kappa shape index (κ1) is 25.0. The van der Waals surface area contributed by atoms with E-state index in [0.29, 0.717) is 18.9 Å². The summed E-state index contributed by atoms with van der Waals surface area (Å²) in [4.78, 5) is 64.6. The number of anilines is 1. The maximum atomic E-state index is 12.9. The number of amides is 5. The summed E-state index contributed by atoms with van der Waals surface area (Å²) in [6.07, 6.45) is 3.91. The Hall–Kier alpha value is -3.15. The molecule has 3 aliphatic heterocycles. The molecule has 0 radical (unpaired) electrons. The fraction of sp³-hybridized carbons (Fsp3) is 0.542. The van der Waals surface area contributed by atoms with Crippen LogP contribution in [0, 0.1) is 0 Å². The van der Waals surface area contributed by atoms with Gasteiger partial charge < -0.3 is 19.7 Å². The van der Waals surface area contributed by atoms with Crippen LogP contribution in [-0.4, -0.2) is 91.4 Å². The molecule has 5 amide bonds. The molecule has 1 unspecified atom stereocenters. The molecular weight excluding hydrogens is 456 g/mol. The first-order valence-electron chi connectivity index (χ1n) is 12.0. The Labute approximate surface area is 203 Å². The van der Waals surface area contributed by atoms with E-state index in [1.165, 1.54) is 37.5 Å². The van der Waals surface area contributed by atoms with Gasteiger partial charge in [-0.15, -0.1) is 0 Å². The van der Waals surface area contributed by atoms with Crippen molar-refractivity contribution < 1.29 is 33.4 Å². The van der Waals surface area contributed by atoms with Gasteiger partial charge in [0.15, 0.2) is 0 Å². The lowest BCUT2D eigenvalue weighted by Crippen LogP contribution is -2.54. The minimum atomic E-state index is -1.03. The molecule has 4 rings (SSSR count). The van der Waals surface area contributed by atoms with Gasteiger partial charge in [0.1, 0.15) is 12.6 Å². The number of ether oxygens (including phenoxy) is 2. The van der Waals surface area contributed by atoms with Crippen molar-refractivity contribution >= 4 is 35.2 Å². The molecule has 3 aliphatic rings. The largest absolute Gasteiger partial charge is 0.378 e. The highest BCUT2D eigenvalue weighted by Gasteiger charge is 2.44. The summed E-state index contributed by atoms with van der Waals surface area (Å²) in [5, 5.41) is 4.80. The Balaban J connectivity index is 1.20. The third-order valence-corrected chi connectivity index (χ3v) is 6.33. The monoisotopic (exact) mass is 486 g/mol. The van der Waals surface area contributed by atoms with E-state index in [1.54, 1.807) is 0 Å². The van der Waals surface area contributed by atoms with Crippen molar-refractivity contribution in [3.8, 4) is 0 Å². The van der Waals surface area contributed by atoms with E-state index >= 15 is 0 Å². The average Bonchev–Trinajstić information content (AvgIpc) is 3.08. The summed E-state index contributed by atoms with van der Waals surface area (Å²) in [5.41, 5.74) is 0.581. The van der Waals surface area contributed by atoms with E-state index in [4.69, 9.17) is 9.47 Å². The molecule has 11 heteroatoms. The van der Waals surface area contributed by atoms with Crippen LogP contribution < -0.4 is 10.6 Å². The summed E-state index contributed by atoms with van der Waals surface area (Å²) >= 11 is 0. The molecule has 11 nitrogen and oxygen atoms in total. The van der Waals surface area contributed by atoms with Crippen molar-refractivity contribution in [2.75, 3.05) is 51.4 Å². The van der Waals surface area contributed by atoms with E-state index in [1.807, 2.05) is 0 Å². The minimum Gasteiger partial charge on any atom is -0.378 e. The Kier molecular flexibility index (Phi) is 8.21. The summed E-state index contributed by atoms with van der Waals surface area (Å²) in [7, 11) is 0. The van der Waals surface area contributed by atoms with Gasteiger partial charge in [0, 0.05) is 18.7 Å². The number of imide groups is 2. The van der Waals surface area contributed by atoms with Gasteiger partial charge >= 0.3 is 0 Å². The molecule has 0 aliphatic carbocycles. The highest BCUT2D eigenvalue weighted by Crippen LogP contribution is 2.29. The molecule has 1 aromatic rings. The number of piperidine rings is 2. The van der Waals surface area contributed by atoms with E-state index in [2.05, 4.69) is 15.5 Å². The molecule has 1 atom stereocenters. The lowest BCUT2D eigenvalue weighted by atomic mass is 10.0. The molecular formula is C24H30N4O7. The first-order chi connectivity index (χ1) is 16.9. The van der Waals surface area contributed by atoms with Gasteiger partial charge in [-0.1, -0.05) is 6.42 Å². The third kappa shape index (κ3) is 6.11. The van der Waals surface area contributed by atoms with Gasteiger partial charge in [-0.25, -0.2) is 0 Å². The number of hydrogen-bond acceptors (Lipinski definition) is 8. The zero-order valence-corrected chi connectivity index (χ0v) is 19.5. The molecule has 0 aromatic heterocycles. The number of hydrogen-bond donors (Lipinski definition) is 2.